The van der Waals surface area contributed by atoms with E-state index in [1.165, 1.54) is 7.11 Å². The lowest BCUT2D eigenvalue weighted by Crippen LogP contribution is -2.35. The van der Waals surface area contributed by atoms with Gasteiger partial charge in [-0.25, -0.2) is 19.3 Å². The number of ether oxygens (including phenoxy) is 3. The number of aromatic nitrogens is 5. The first-order chi connectivity index (χ1) is 22.4. The van der Waals surface area contributed by atoms with E-state index >= 15 is 0 Å². The average molecular weight is 625 g/mol. The Morgan fingerprint density at radius 3 is 2.63 bits per heavy atom. The lowest BCUT2D eigenvalue weighted by Gasteiger charge is -2.32. The van der Waals surface area contributed by atoms with Crippen molar-refractivity contribution in [2.75, 3.05) is 26.8 Å². The van der Waals surface area contributed by atoms with Crippen molar-refractivity contribution in [3.05, 3.63) is 89.1 Å². The zero-order chi connectivity index (χ0) is 31.6. The van der Waals surface area contributed by atoms with Crippen molar-refractivity contribution in [3.8, 4) is 5.88 Å². The first-order valence-electron chi connectivity index (χ1n) is 15.6. The fourth-order valence-corrected chi connectivity index (χ4v) is 6.29. The number of imidazole rings is 1. The molecule has 12 nitrogen and oxygen atoms in total. The topological polar surface area (TPSA) is 133 Å². The van der Waals surface area contributed by atoms with Crippen molar-refractivity contribution in [1.29, 1.82) is 0 Å². The van der Waals surface area contributed by atoms with E-state index in [-0.39, 0.29) is 24.1 Å². The number of benzene rings is 1. The molecule has 12 heteroatoms. The zero-order valence-corrected chi connectivity index (χ0v) is 25.7. The number of likely N-dealkylation sites (tertiary alicyclic amines) is 1. The van der Waals surface area contributed by atoms with Crippen molar-refractivity contribution < 1.29 is 28.9 Å². The molecule has 46 heavy (non-hydrogen) atoms. The lowest BCUT2D eigenvalue weighted by atomic mass is 9.93. The number of carboxylic acid groups (broad SMARTS) is 1. The molecular formula is C34H36N6O6. The van der Waals surface area contributed by atoms with Crippen LogP contribution >= 0.6 is 0 Å². The van der Waals surface area contributed by atoms with Gasteiger partial charge in [-0.1, -0.05) is 12.1 Å². The minimum absolute atomic E-state index is 0.115. The average Bonchev–Trinajstić information content (AvgIpc) is 3.62. The van der Waals surface area contributed by atoms with Gasteiger partial charge < -0.3 is 23.9 Å². The molecule has 2 aliphatic heterocycles. The summed E-state index contributed by atoms with van der Waals surface area (Å²) < 4.78 is 20.5. The molecule has 0 aliphatic carbocycles. The zero-order valence-electron chi connectivity index (χ0n) is 25.7. The monoisotopic (exact) mass is 624 g/mol. The van der Waals surface area contributed by atoms with Crippen LogP contribution in [0.5, 0.6) is 5.88 Å². The Labute approximate surface area is 265 Å². The van der Waals surface area contributed by atoms with Crippen molar-refractivity contribution >= 4 is 28.5 Å². The van der Waals surface area contributed by atoms with E-state index in [1.807, 2.05) is 36.5 Å². The molecule has 0 amide bonds. The number of piperidine rings is 1. The SMILES string of the molecule is COC(=O)Cc1cc2c(COc3cccc(C4CCN(Cc5nc6ccc(C(=O)O)cc6n5C[C@@H]5CCO5)CC4)n3)cccn2n1. The second-order valence-corrected chi connectivity index (χ2v) is 11.9. The molecule has 0 radical (unpaired) electrons. The molecule has 2 saturated heterocycles. The van der Waals surface area contributed by atoms with Crippen LogP contribution < -0.4 is 4.74 Å². The summed E-state index contributed by atoms with van der Waals surface area (Å²) in [6, 6.07) is 16.9. The third-order valence-corrected chi connectivity index (χ3v) is 8.94. The number of carbonyl (C=O) groups excluding carboxylic acids is 1. The number of pyridine rings is 2. The van der Waals surface area contributed by atoms with Gasteiger partial charge in [0.05, 0.1) is 60.5 Å². The van der Waals surface area contributed by atoms with Gasteiger partial charge in [0.25, 0.3) is 0 Å². The van der Waals surface area contributed by atoms with Crippen molar-refractivity contribution in [2.24, 2.45) is 0 Å². The molecule has 1 atom stereocenters. The Balaban J connectivity index is 0.994. The van der Waals surface area contributed by atoms with Crippen LogP contribution in [-0.2, 0) is 40.4 Å². The fourth-order valence-electron chi connectivity index (χ4n) is 6.29. The summed E-state index contributed by atoms with van der Waals surface area (Å²) in [5, 5.41) is 14.0. The summed E-state index contributed by atoms with van der Waals surface area (Å²) in [5.41, 5.74) is 5.40. The van der Waals surface area contributed by atoms with E-state index in [4.69, 9.17) is 24.2 Å². The normalized spacial score (nSPS) is 17.3. The van der Waals surface area contributed by atoms with Gasteiger partial charge in [0.15, 0.2) is 0 Å². The number of rotatable bonds is 11. The number of esters is 1. The number of carbonyl (C=O) groups is 2. The molecule has 2 fully saturated rings. The molecule has 4 aromatic heterocycles. The third-order valence-electron chi connectivity index (χ3n) is 8.94. The van der Waals surface area contributed by atoms with Crippen LogP contribution in [0, 0.1) is 0 Å². The molecule has 0 bridgehead atoms. The number of hydrogen-bond donors (Lipinski definition) is 1. The summed E-state index contributed by atoms with van der Waals surface area (Å²) in [6.07, 6.45) is 5.01. The fraction of sp³-hybridized carbons (Fsp3) is 0.382. The maximum Gasteiger partial charge on any atom is 0.335 e. The Kier molecular flexibility index (Phi) is 8.37. The highest BCUT2D eigenvalue weighted by Gasteiger charge is 2.26. The first-order valence-corrected chi connectivity index (χ1v) is 15.6. The predicted octanol–water partition coefficient (Wildman–Crippen LogP) is 4.24. The molecule has 238 valence electrons. The Bertz CT molecular complexity index is 1890. The summed E-state index contributed by atoms with van der Waals surface area (Å²) in [6.45, 7) is 4.25. The van der Waals surface area contributed by atoms with Gasteiger partial charge in [0, 0.05) is 36.0 Å². The molecule has 0 unspecified atom stereocenters. The van der Waals surface area contributed by atoms with E-state index in [9.17, 15) is 14.7 Å². The highest BCUT2D eigenvalue weighted by Crippen LogP contribution is 2.30. The molecule has 6 heterocycles. The standard InChI is InChI=1S/C34H36N6O6/c1-44-33(41)18-25-17-29-24(4-3-12-40(29)37-25)21-46-32-6-2-5-27(36-32)22-9-13-38(14-10-22)20-31-35-28-8-7-23(34(42)43)16-30(28)39(31)19-26-11-15-45-26/h2-8,12,16-17,22,26H,9-11,13-15,18-21H2,1H3,(H,42,43)/t26-/m0/s1. The second kappa shape index (κ2) is 12.9. The van der Waals surface area contributed by atoms with Gasteiger partial charge in [-0.2, -0.15) is 5.10 Å². The van der Waals surface area contributed by atoms with Crippen LogP contribution in [0.1, 0.15) is 58.3 Å². The third kappa shape index (κ3) is 6.31. The van der Waals surface area contributed by atoms with Crippen LogP contribution in [0.15, 0.2) is 60.8 Å². The molecule has 7 rings (SSSR count). The van der Waals surface area contributed by atoms with E-state index in [1.54, 1.807) is 22.7 Å². The highest BCUT2D eigenvalue weighted by atomic mass is 16.5. The number of fused-ring (bicyclic) bond motifs is 2. The molecule has 5 aromatic rings. The molecule has 1 N–H and O–H groups in total. The van der Waals surface area contributed by atoms with Crippen LogP contribution in [0.2, 0.25) is 0 Å². The quantitative estimate of drug-likeness (QED) is 0.213. The van der Waals surface area contributed by atoms with Gasteiger partial charge in [-0.15, -0.1) is 0 Å². The maximum absolute atomic E-state index is 11.7. The van der Waals surface area contributed by atoms with E-state index in [0.717, 1.165) is 72.6 Å². The number of aromatic carboxylic acids is 1. The summed E-state index contributed by atoms with van der Waals surface area (Å²) in [7, 11) is 1.37. The number of nitrogens with zero attached hydrogens (tertiary/aromatic N) is 6. The smallest absolute Gasteiger partial charge is 0.335 e. The van der Waals surface area contributed by atoms with Gasteiger partial charge in [0.1, 0.15) is 12.4 Å². The molecule has 0 spiro atoms. The van der Waals surface area contributed by atoms with E-state index < -0.39 is 5.97 Å². The number of hydrogen-bond acceptors (Lipinski definition) is 9. The molecular weight excluding hydrogens is 588 g/mol. The molecule has 0 saturated carbocycles. The summed E-state index contributed by atoms with van der Waals surface area (Å²) in [4.78, 5) is 35.5. The van der Waals surface area contributed by atoms with Crippen LogP contribution in [0.4, 0.5) is 0 Å². The number of methoxy groups -OCH3 is 1. The van der Waals surface area contributed by atoms with Crippen molar-refractivity contribution in [2.45, 2.75) is 57.4 Å². The van der Waals surface area contributed by atoms with Gasteiger partial charge in [-0.3, -0.25) is 9.69 Å². The molecule has 1 aromatic carbocycles. The minimum Gasteiger partial charge on any atom is -0.478 e. The van der Waals surface area contributed by atoms with E-state index in [2.05, 4.69) is 20.6 Å². The van der Waals surface area contributed by atoms with Gasteiger partial charge >= 0.3 is 11.9 Å². The van der Waals surface area contributed by atoms with Crippen LogP contribution in [0.3, 0.4) is 0 Å². The minimum atomic E-state index is -0.942. The Hall–Kier alpha value is -4.81. The second-order valence-electron chi connectivity index (χ2n) is 11.9. The largest absolute Gasteiger partial charge is 0.478 e. The van der Waals surface area contributed by atoms with Crippen LogP contribution in [-0.4, -0.2) is 79.0 Å². The molecule has 2 aliphatic rings. The predicted molar refractivity (Wildman–Crippen MR) is 168 cm³/mol. The Morgan fingerprint density at radius 2 is 1.87 bits per heavy atom. The highest BCUT2D eigenvalue weighted by molar-refractivity contribution is 5.92. The van der Waals surface area contributed by atoms with Crippen molar-refractivity contribution in [3.63, 3.8) is 0 Å². The summed E-state index contributed by atoms with van der Waals surface area (Å²) in [5.74, 6) is 0.555. The first kappa shape index (κ1) is 29.9. The number of carboxylic acids is 1. The van der Waals surface area contributed by atoms with Crippen molar-refractivity contribution in [1.82, 2.24) is 29.0 Å². The summed E-state index contributed by atoms with van der Waals surface area (Å²) >= 11 is 0. The van der Waals surface area contributed by atoms with Crippen LogP contribution in [0.25, 0.3) is 16.6 Å². The van der Waals surface area contributed by atoms with Gasteiger partial charge in [-0.05, 0) is 68.8 Å². The van der Waals surface area contributed by atoms with Gasteiger partial charge in [0.2, 0.25) is 5.88 Å². The lowest BCUT2D eigenvalue weighted by molar-refractivity contribution is -0.139. The van der Waals surface area contributed by atoms with E-state index in [0.29, 0.717) is 37.2 Å². The Morgan fingerprint density at radius 1 is 1.02 bits per heavy atom. The maximum atomic E-state index is 11.7.